The van der Waals surface area contributed by atoms with Gasteiger partial charge in [-0.25, -0.2) is 0 Å². The average molecular weight is 271 g/mol. The van der Waals surface area contributed by atoms with E-state index >= 15 is 0 Å². The van der Waals surface area contributed by atoms with E-state index < -0.39 is 0 Å². The van der Waals surface area contributed by atoms with E-state index in [9.17, 15) is 0 Å². The van der Waals surface area contributed by atoms with Crippen LogP contribution < -0.4 is 0 Å². The third-order valence-electron chi connectivity index (χ3n) is 3.74. The van der Waals surface area contributed by atoms with Gasteiger partial charge in [0, 0.05) is 0 Å². The largest absolute Gasteiger partial charge is 0.0587 e. The summed E-state index contributed by atoms with van der Waals surface area (Å²) in [6.45, 7) is 6.37. The molecule has 0 saturated heterocycles. The summed E-state index contributed by atoms with van der Waals surface area (Å²) >= 11 is 0. The van der Waals surface area contributed by atoms with Crippen LogP contribution in [0.5, 0.6) is 0 Å². The van der Waals surface area contributed by atoms with E-state index in [-0.39, 0.29) is 0 Å². The van der Waals surface area contributed by atoms with E-state index in [1.807, 2.05) is 0 Å². The molecule has 0 aliphatic carbocycles. The molecule has 3 aromatic carbocycles. The quantitative estimate of drug-likeness (QED) is 0.557. The molecule has 3 aromatic rings. The fourth-order valence-electron chi connectivity index (χ4n) is 2.49. The Morgan fingerprint density at radius 1 is 0.524 bits per heavy atom. The molecule has 0 spiro atoms. The molecule has 1 radical (unpaired) electrons. The highest BCUT2D eigenvalue weighted by Crippen LogP contribution is 2.27. The van der Waals surface area contributed by atoms with Crippen molar-refractivity contribution in [3.63, 3.8) is 0 Å². The van der Waals surface area contributed by atoms with E-state index in [1.165, 1.54) is 27.8 Å². The third-order valence-corrected chi connectivity index (χ3v) is 3.74. The van der Waals surface area contributed by atoms with Crippen LogP contribution in [-0.4, -0.2) is 0 Å². The van der Waals surface area contributed by atoms with Gasteiger partial charge < -0.3 is 0 Å². The molecule has 0 fully saturated rings. The zero-order chi connectivity index (χ0) is 14.8. The third kappa shape index (κ3) is 3.05. The highest BCUT2D eigenvalue weighted by Gasteiger charge is 2.04. The molecule has 0 saturated carbocycles. The Labute approximate surface area is 127 Å². The van der Waals surface area contributed by atoms with Crippen LogP contribution in [0.4, 0.5) is 0 Å². The zero-order valence-electron chi connectivity index (χ0n) is 12.8. The van der Waals surface area contributed by atoms with Crippen LogP contribution in [-0.2, 0) is 0 Å². The van der Waals surface area contributed by atoms with Crippen molar-refractivity contribution in [1.82, 2.24) is 0 Å². The molecule has 0 heteroatoms. The number of hydrogen-bond acceptors (Lipinski definition) is 0. The molecule has 3 rings (SSSR count). The van der Waals surface area contributed by atoms with Gasteiger partial charge in [0.2, 0.25) is 0 Å². The van der Waals surface area contributed by atoms with E-state index in [1.54, 1.807) is 0 Å². The van der Waals surface area contributed by atoms with Crippen molar-refractivity contribution >= 4 is 0 Å². The van der Waals surface area contributed by atoms with Crippen molar-refractivity contribution in [3.05, 3.63) is 83.4 Å². The summed E-state index contributed by atoms with van der Waals surface area (Å²) in [5.41, 5.74) is 8.58. The molecule has 103 valence electrons. The first-order chi connectivity index (χ1) is 10.1. The molecule has 0 aromatic heterocycles. The number of rotatable bonds is 2. The van der Waals surface area contributed by atoms with Crippen molar-refractivity contribution in [1.29, 1.82) is 0 Å². The SMILES string of the molecule is Cc1ccc(-c2[c]c(-c3ccc(C)cc3)cc(C)c2)cc1. The van der Waals surface area contributed by atoms with Crippen molar-refractivity contribution in [3.8, 4) is 22.3 Å². The van der Waals surface area contributed by atoms with E-state index in [0.29, 0.717) is 0 Å². The van der Waals surface area contributed by atoms with Gasteiger partial charge in [0.25, 0.3) is 0 Å². The van der Waals surface area contributed by atoms with Gasteiger partial charge in [0.1, 0.15) is 0 Å². The molecule has 0 atom stereocenters. The minimum atomic E-state index is 1.16. The lowest BCUT2D eigenvalue weighted by molar-refractivity contribution is 1.43. The molecule has 0 bridgehead atoms. The fourth-order valence-corrected chi connectivity index (χ4v) is 2.49. The topological polar surface area (TPSA) is 0 Å². The van der Waals surface area contributed by atoms with Gasteiger partial charge in [0.15, 0.2) is 0 Å². The molecule has 0 unspecified atom stereocenters. The average Bonchev–Trinajstić information content (AvgIpc) is 2.48. The molecule has 0 aliphatic rings. The molecule has 0 heterocycles. The Balaban J connectivity index is 2.07. The summed E-state index contributed by atoms with van der Waals surface area (Å²) < 4.78 is 0. The van der Waals surface area contributed by atoms with E-state index in [2.05, 4.69) is 87.5 Å². The summed E-state index contributed by atoms with van der Waals surface area (Å²) in [4.78, 5) is 0. The van der Waals surface area contributed by atoms with Crippen LogP contribution in [0.25, 0.3) is 22.3 Å². The lowest BCUT2D eigenvalue weighted by atomic mass is 9.96. The predicted octanol–water partition coefficient (Wildman–Crippen LogP) is 5.75. The monoisotopic (exact) mass is 271 g/mol. The standard InChI is InChI=1S/C21H19/c1-15-4-8-18(9-5-15)20-12-17(3)13-21(14-20)19-10-6-16(2)7-11-19/h4-13H,1-3H3. The molecule has 21 heavy (non-hydrogen) atoms. The van der Waals surface area contributed by atoms with Crippen LogP contribution >= 0.6 is 0 Å². The lowest BCUT2D eigenvalue weighted by Crippen LogP contribution is -1.86. The summed E-state index contributed by atoms with van der Waals surface area (Å²) in [5.74, 6) is 0. The highest BCUT2D eigenvalue weighted by atomic mass is 14.1. The van der Waals surface area contributed by atoms with E-state index in [0.717, 1.165) is 11.1 Å². The fraction of sp³-hybridized carbons (Fsp3) is 0.143. The summed E-state index contributed by atoms with van der Waals surface area (Å²) in [5, 5.41) is 0. The molecule has 0 aliphatic heterocycles. The van der Waals surface area contributed by atoms with Crippen LogP contribution in [0.3, 0.4) is 0 Å². The minimum absolute atomic E-state index is 1.16. The first-order valence-electron chi connectivity index (χ1n) is 7.30. The molecular weight excluding hydrogens is 252 g/mol. The maximum Gasteiger partial charge on any atom is -0.00141 e. The normalized spacial score (nSPS) is 10.6. The van der Waals surface area contributed by atoms with Gasteiger partial charge in [-0.1, -0.05) is 71.8 Å². The maximum atomic E-state index is 3.56. The summed E-state index contributed by atoms with van der Waals surface area (Å²) in [6, 6.07) is 25.2. The Bertz CT molecular complexity index is 683. The van der Waals surface area contributed by atoms with Gasteiger partial charge in [-0.05, 0) is 54.7 Å². The van der Waals surface area contributed by atoms with Crippen LogP contribution in [0, 0.1) is 26.8 Å². The number of benzene rings is 3. The van der Waals surface area contributed by atoms with Crippen molar-refractivity contribution in [2.75, 3.05) is 0 Å². The molecule has 0 N–H and O–H groups in total. The van der Waals surface area contributed by atoms with Crippen LogP contribution in [0.2, 0.25) is 0 Å². The highest BCUT2D eigenvalue weighted by molar-refractivity contribution is 5.73. The molecule has 0 amide bonds. The molecular formula is C21H19. The minimum Gasteiger partial charge on any atom is -0.0587 e. The lowest BCUT2D eigenvalue weighted by Gasteiger charge is -2.08. The van der Waals surface area contributed by atoms with Crippen LogP contribution in [0.15, 0.2) is 60.7 Å². The number of hydrogen-bond donors (Lipinski definition) is 0. The number of aryl methyl sites for hydroxylation is 3. The van der Waals surface area contributed by atoms with Crippen molar-refractivity contribution < 1.29 is 0 Å². The summed E-state index contributed by atoms with van der Waals surface area (Å²) in [6.07, 6.45) is 0. The van der Waals surface area contributed by atoms with Gasteiger partial charge in [-0.2, -0.15) is 0 Å². The van der Waals surface area contributed by atoms with Crippen molar-refractivity contribution in [2.24, 2.45) is 0 Å². The smallest absolute Gasteiger partial charge is 0.00141 e. The molecule has 0 nitrogen and oxygen atoms in total. The maximum absolute atomic E-state index is 3.56. The first kappa shape index (κ1) is 13.6. The Morgan fingerprint density at radius 2 is 0.905 bits per heavy atom. The van der Waals surface area contributed by atoms with Gasteiger partial charge in [-0.15, -0.1) is 0 Å². The second-order valence-corrected chi connectivity index (χ2v) is 5.72. The van der Waals surface area contributed by atoms with Gasteiger partial charge >= 0.3 is 0 Å². The second-order valence-electron chi connectivity index (χ2n) is 5.72. The second kappa shape index (κ2) is 5.57. The van der Waals surface area contributed by atoms with Crippen LogP contribution in [0.1, 0.15) is 16.7 Å². The predicted molar refractivity (Wildman–Crippen MR) is 90.4 cm³/mol. The van der Waals surface area contributed by atoms with Crippen molar-refractivity contribution in [2.45, 2.75) is 20.8 Å². The Kier molecular flexibility index (Phi) is 3.62. The summed E-state index contributed by atoms with van der Waals surface area (Å²) in [7, 11) is 0. The van der Waals surface area contributed by atoms with Gasteiger partial charge in [0.05, 0.1) is 0 Å². The Morgan fingerprint density at radius 3 is 1.29 bits per heavy atom. The van der Waals surface area contributed by atoms with E-state index in [4.69, 9.17) is 0 Å². The van der Waals surface area contributed by atoms with Gasteiger partial charge in [-0.3, -0.25) is 0 Å². The first-order valence-corrected chi connectivity index (χ1v) is 7.30. The zero-order valence-corrected chi connectivity index (χ0v) is 12.8. The Hall–Kier alpha value is -2.34.